The zero-order chi connectivity index (χ0) is 19.1. The number of nitrogens with zero attached hydrogens (tertiary/aromatic N) is 4. The van der Waals surface area contributed by atoms with E-state index < -0.39 is 0 Å². The highest BCUT2D eigenvalue weighted by Crippen LogP contribution is 2.21. The molecule has 144 valence electrons. The fourth-order valence-corrected chi connectivity index (χ4v) is 3.39. The van der Waals surface area contributed by atoms with E-state index in [2.05, 4.69) is 32.4 Å². The lowest BCUT2D eigenvalue weighted by Gasteiger charge is -2.28. The largest absolute Gasteiger partial charge is 0.357 e. The Kier molecular flexibility index (Phi) is 7.32. The molecule has 2 rings (SSSR count). The average molecular weight is 362 g/mol. The van der Waals surface area contributed by atoms with Gasteiger partial charge in [0.1, 0.15) is 0 Å². The Bertz CT molecular complexity index is 602. The second-order valence-electron chi connectivity index (χ2n) is 6.47. The molecule has 2 amide bonds. The number of nitrogens with one attached hydrogen (secondary N) is 2. The number of rotatable bonds is 8. The van der Waals surface area contributed by atoms with E-state index in [1.807, 2.05) is 18.7 Å². The molecule has 0 unspecified atom stereocenters. The number of hydrogen-bond acceptors (Lipinski definition) is 6. The van der Waals surface area contributed by atoms with E-state index in [1.54, 1.807) is 7.05 Å². The van der Waals surface area contributed by atoms with Crippen molar-refractivity contribution >= 4 is 17.8 Å². The SMILES string of the molecule is CCCN1C[C@H](NC(=O)c2cnc(NC)nc2)C[C@H]1C(=O)N(CC)CC. The monoisotopic (exact) mass is 362 g/mol. The molecular formula is C18H30N6O2. The van der Waals surface area contributed by atoms with Crippen LogP contribution in [-0.2, 0) is 4.79 Å². The predicted octanol–water partition coefficient (Wildman–Crippen LogP) is 0.969. The molecule has 0 spiro atoms. The number of amides is 2. The Morgan fingerprint density at radius 2 is 1.88 bits per heavy atom. The summed E-state index contributed by atoms with van der Waals surface area (Å²) in [7, 11) is 1.73. The first kappa shape index (κ1) is 20.1. The zero-order valence-corrected chi connectivity index (χ0v) is 16.2. The highest BCUT2D eigenvalue weighted by Gasteiger charge is 2.38. The molecule has 1 aromatic rings. The minimum Gasteiger partial charge on any atom is -0.357 e. The van der Waals surface area contributed by atoms with Crippen LogP contribution in [0.1, 0.15) is 44.0 Å². The minimum absolute atomic E-state index is 0.0532. The molecule has 2 atom stereocenters. The third-order valence-corrected chi connectivity index (χ3v) is 4.75. The van der Waals surface area contributed by atoms with E-state index in [0.717, 1.165) is 13.0 Å². The van der Waals surface area contributed by atoms with E-state index in [-0.39, 0.29) is 23.9 Å². The Hall–Kier alpha value is -2.22. The maximum Gasteiger partial charge on any atom is 0.254 e. The topological polar surface area (TPSA) is 90.5 Å². The molecule has 0 aliphatic carbocycles. The van der Waals surface area contributed by atoms with Gasteiger partial charge in [-0.15, -0.1) is 0 Å². The molecule has 26 heavy (non-hydrogen) atoms. The van der Waals surface area contributed by atoms with Crippen LogP contribution in [0, 0.1) is 0 Å². The zero-order valence-electron chi connectivity index (χ0n) is 16.2. The van der Waals surface area contributed by atoms with Crippen molar-refractivity contribution in [3.8, 4) is 0 Å². The number of hydrogen-bond donors (Lipinski definition) is 2. The van der Waals surface area contributed by atoms with Gasteiger partial charge in [0.05, 0.1) is 11.6 Å². The number of carbonyl (C=O) groups excluding carboxylic acids is 2. The second kappa shape index (κ2) is 9.47. The highest BCUT2D eigenvalue weighted by molar-refractivity contribution is 5.94. The lowest BCUT2D eigenvalue weighted by Crippen LogP contribution is -2.45. The molecule has 0 saturated carbocycles. The van der Waals surface area contributed by atoms with Crippen molar-refractivity contribution in [1.29, 1.82) is 0 Å². The van der Waals surface area contributed by atoms with Gasteiger partial charge >= 0.3 is 0 Å². The number of anilines is 1. The summed E-state index contributed by atoms with van der Waals surface area (Å²) in [6.07, 6.45) is 4.62. The predicted molar refractivity (Wildman–Crippen MR) is 101 cm³/mol. The molecule has 0 bridgehead atoms. The van der Waals surface area contributed by atoms with Gasteiger partial charge in [-0.2, -0.15) is 0 Å². The van der Waals surface area contributed by atoms with E-state index in [0.29, 0.717) is 37.6 Å². The maximum absolute atomic E-state index is 12.8. The third-order valence-electron chi connectivity index (χ3n) is 4.75. The van der Waals surface area contributed by atoms with Crippen molar-refractivity contribution in [2.24, 2.45) is 0 Å². The number of likely N-dealkylation sites (N-methyl/N-ethyl adjacent to an activating group) is 1. The molecule has 0 radical (unpaired) electrons. The van der Waals surface area contributed by atoms with Crippen molar-refractivity contribution in [3.63, 3.8) is 0 Å². The molecule has 2 N–H and O–H groups in total. The molecule has 1 saturated heterocycles. The molecule has 8 heteroatoms. The number of carbonyl (C=O) groups is 2. The van der Waals surface area contributed by atoms with Crippen molar-refractivity contribution in [2.75, 3.05) is 38.5 Å². The highest BCUT2D eigenvalue weighted by atomic mass is 16.2. The Morgan fingerprint density at radius 3 is 2.42 bits per heavy atom. The maximum atomic E-state index is 12.8. The van der Waals surface area contributed by atoms with Gasteiger partial charge in [0.15, 0.2) is 0 Å². The third kappa shape index (κ3) is 4.69. The Labute approximate surface area is 155 Å². The summed E-state index contributed by atoms with van der Waals surface area (Å²) in [4.78, 5) is 37.5. The summed E-state index contributed by atoms with van der Waals surface area (Å²) in [6.45, 7) is 9.04. The van der Waals surface area contributed by atoms with E-state index in [9.17, 15) is 9.59 Å². The van der Waals surface area contributed by atoms with Gasteiger partial charge in [0.25, 0.3) is 5.91 Å². The van der Waals surface area contributed by atoms with E-state index in [1.165, 1.54) is 12.4 Å². The first-order valence-corrected chi connectivity index (χ1v) is 9.37. The fraction of sp³-hybridized carbons (Fsp3) is 0.667. The summed E-state index contributed by atoms with van der Waals surface area (Å²) in [5.74, 6) is 0.424. The summed E-state index contributed by atoms with van der Waals surface area (Å²) in [5, 5.41) is 5.85. The first-order chi connectivity index (χ1) is 12.5. The summed E-state index contributed by atoms with van der Waals surface area (Å²) in [6, 6.07) is -0.217. The van der Waals surface area contributed by atoms with Crippen LogP contribution in [-0.4, -0.2) is 76.9 Å². The van der Waals surface area contributed by atoms with E-state index in [4.69, 9.17) is 0 Å². The number of aromatic nitrogens is 2. The van der Waals surface area contributed by atoms with Gasteiger partial charge in [-0.1, -0.05) is 6.92 Å². The van der Waals surface area contributed by atoms with Crippen LogP contribution >= 0.6 is 0 Å². The minimum atomic E-state index is -0.204. The van der Waals surface area contributed by atoms with Crippen molar-refractivity contribution in [3.05, 3.63) is 18.0 Å². The normalized spacial score (nSPS) is 20.0. The van der Waals surface area contributed by atoms with Gasteiger partial charge in [-0.25, -0.2) is 9.97 Å². The van der Waals surface area contributed by atoms with Crippen LogP contribution in [0.25, 0.3) is 0 Å². The first-order valence-electron chi connectivity index (χ1n) is 9.37. The Balaban J connectivity index is 2.03. The van der Waals surface area contributed by atoms with Crippen molar-refractivity contribution in [2.45, 2.75) is 45.7 Å². The van der Waals surface area contributed by atoms with Crippen LogP contribution in [0.4, 0.5) is 5.95 Å². The average Bonchev–Trinajstić information content (AvgIpc) is 3.05. The van der Waals surface area contributed by atoms with Crippen molar-refractivity contribution in [1.82, 2.24) is 25.1 Å². The van der Waals surface area contributed by atoms with Crippen LogP contribution < -0.4 is 10.6 Å². The van der Waals surface area contributed by atoms with Crippen LogP contribution in [0.15, 0.2) is 12.4 Å². The molecule has 1 aliphatic rings. The smallest absolute Gasteiger partial charge is 0.254 e. The lowest BCUT2D eigenvalue weighted by molar-refractivity contribution is -0.135. The Morgan fingerprint density at radius 1 is 1.23 bits per heavy atom. The molecule has 1 aromatic heterocycles. The molecule has 1 aliphatic heterocycles. The molecule has 1 fully saturated rings. The summed E-state index contributed by atoms with van der Waals surface area (Å²) in [5.41, 5.74) is 0.421. The lowest BCUT2D eigenvalue weighted by atomic mass is 10.1. The van der Waals surface area contributed by atoms with E-state index >= 15 is 0 Å². The summed E-state index contributed by atoms with van der Waals surface area (Å²) >= 11 is 0. The fourth-order valence-electron chi connectivity index (χ4n) is 3.39. The molecule has 2 heterocycles. The molecule has 8 nitrogen and oxygen atoms in total. The van der Waals surface area contributed by atoms with Crippen molar-refractivity contribution < 1.29 is 9.59 Å². The summed E-state index contributed by atoms with van der Waals surface area (Å²) < 4.78 is 0. The van der Waals surface area contributed by atoms with Crippen LogP contribution in [0.2, 0.25) is 0 Å². The molecule has 0 aromatic carbocycles. The number of likely N-dealkylation sites (tertiary alicyclic amines) is 1. The molecular weight excluding hydrogens is 332 g/mol. The van der Waals surface area contributed by atoms with Crippen LogP contribution in [0.5, 0.6) is 0 Å². The van der Waals surface area contributed by atoms with Gasteiger partial charge in [0.2, 0.25) is 11.9 Å². The van der Waals surface area contributed by atoms with Crippen LogP contribution in [0.3, 0.4) is 0 Å². The quantitative estimate of drug-likeness (QED) is 0.716. The van der Waals surface area contributed by atoms with Gasteiger partial charge in [0, 0.05) is 45.1 Å². The van der Waals surface area contributed by atoms with Gasteiger partial charge < -0.3 is 15.5 Å². The van der Waals surface area contributed by atoms with Gasteiger partial charge in [-0.3, -0.25) is 14.5 Å². The second-order valence-corrected chi connectivity index (χ2v) is 6.47. The van der Waals surface area contributed by atoms with Gasteiger partial charge in [-0.05, 0) is 33.2 Å². The standard InChI is InChI=1S/C18H30N6O2/c1-5-8-24-12-14(9-15(24)17(26)23(6-2)7-3)22-16(25)13-10-20-18(19-4)21-11-13/h10-11,14-15H,5-9,12H2,1-4H3,(H,22,25)(H,19,20,21)/t14-,15+/m1/s1.